The number of hydrogen-bond acceptors (Lipinski definition) is 2. The molecule has 0 bridgehead atoms. The minimum absolute atomic E-state index is 0.327. The summed E-state index contributed by atoms with van der Waals surface area (Å²) in [4.78, 5) is 12.7. The SMILES string of the molecule is CC1CC(C#N)(C(=O)N(C)CC(F)F)C1. The van der Waals surface area contributed by atoms with E-state index in [1.165, 1.54) is 7.05 Å². The highest BCUT2D eigenvalue weighted by molar-refractivity contribution is 5.86. The minimum Gasteiger partial charge on any atom is -0.339 e. The van der Waals surface area contributed by atoms with Gasteiger partial charge in [0.2, 0.25) is 5.91 Å². The Morgan fingerprint density at radius 1 is 1.67 bits per heavy atom. The monoisotopic (exact) mass is 216 g/mol. The largest absolute Gasteiger partial charge is 0.339 e. The second-order valence-corrected chi connectivity index (χ2v) is 4.28. The molecular formula is C10H14F2N2O. The summed E-state index contributed by atoms with van der Waals surface area (Å²) in [6.45, 7) is 1.34. The molecule has 1 aliphatic carbocycles. The Kier molecular flexibility index (Phi) is 3.28. The summed E-state index contributed by atoms with van der Waals surface area (Å²) >= 11 is 0. The van der Waals surface area contributed by atoms with Crippen LogP contribution >= 0.6 is 0 Å². The molecule has 0 spiro atoms. The number of carbonyl (C=O) groups is 1. The van der Waals surface area contributed by atoms with E-state index < -0.39 is 24.3 Å². The van der Waals surface area contributed by atoms with Gasteiger partial charge in [-0.05, 0) is 18.8 Å². The summed E-state index contributed by atoms with van der Waals surface area (Å²) in [7, 11) is 1.32. The van der Waals surface area contributed by atoms with Crippen LogP contribution in [0.15, 0.2) is 0 Å². The first-order valence-corrected chi connectivity index (χ1v) is 4.86. The Bertz CT molecular complexity index is 292. The van der Waals surface area contributed by atoms with Crippen LogP contribution in [0.4, 0.5) is 8.78 Å². The molecule has 0 atom stereocenters. The van der Waals surface area contributed by atoms with E-state index in [2.05, 4.69) is 0 Å². The van der Waals surface area contributed by atoms with Crippen LogP contribution in [0.1, 0.15) is 19.8 Å². The van der Waals surface area contributed by atoms with E-state index in [0.717, 1.165) is 4.90 Å². The smallest absolute Gasteiger partial charge is 0.255 e. The molecule has 1 saturated carbocycles. The van der Waals surface area contributed by atoms with Crippen LogP contribution in [0, 0.1) is 22.7 Å². The Hall–Kier alpha value is -1.18. The summed E-state index contributed by atoms with van der Waals surface area (Å²) in [5, 5.41) is 8.92. The van der Waals surface area contributed by atoms with Crippen molar-refractivity contribution >= 4 is 5.91 Å². The van der Waals surface area contributed by atoms with Crippen LogP contribution in [0.3, 0.4) is 0 Å². The molecule has 0 N–H and O–H groups in total. The topological polar surface area (TPSA) is 44.1 Å². The average Bonchev–Trinajstić information content (AvgIpc) is 2.10. The lowest BCUT2D eigenvalue weighted by Crippen LogP contribution is -2.49. The highest BCUT2D eigenvalue weighted by Crippen LogP contribution is 2.46. The zero-order valence-electron chi connectivity index (χ0n) is 8.83. The van der Waals surface area contributed by atoms with Crippen molar-refractivity contribution in [1.82, 2.24) is 4.90 Å². The second kappa shape index (κ2) is 4.13. The molecular weight excluding hydrogens is 202 g/mol. The van der Waals surface area contributed by atoms with Crippen LogP contribution in [-0.2, 0) is 4.79 Å². The molecule has 0 aromatic heterocycles. The van der Waals surface area contributed by atoms with Crippen molar-refractivity contribution in [2.24, 2.45) is 11.3 Å². The number of nitriles is 1. The highest BCUT2D eigenvalue weighted by atomic mass is 19.3. The van der Waals surface area contributed by atoms with Crippen molar-refractivity contribution in [1.29, 1.82) is 5.26 Å². The molecule has 0 aromatic carbocycles. The molecule has 0 aromatic rings. The van der Waals surface area contributed by atoms with Gasteiger partial charge in [-0.1, -0.05) is 6.92 Å². The van der Waals surface area contributed by atoms with Gasteiger partial charge < -0.3 is 4.90 Å². The predicted octanol–water partition coefficient (Wildman–Crippen LogP) is 1.65. The summed E-state index contributed by atoms with van der Waals surface area (Å²) in [6.07, 6.45) is -1.58. The summed E-state index contributed by atoms with van der Waals surface area (Å²) in [5.74, 6) is -0.142. The van der Waals surface area contributed by atoms with E-state index in [1.54, 1.807) is 0 Å². The summed E-state index contributed by atoms with van der Waals surface area (Å²) in [5.41, 5.74) is -1.04. The van der Waals surface area contributed by atoms with Crippen LogP contribution in [0.5, 0.6) is 0 Å². The second-order valence-electron chi connectivity index (χ2n) is 4.28. The third-order valence-electron chi connectivity index (χ3n) is 2.78. The summed E-state index contributed by atoms with van der Waals surface area (Å²) in [6, 6.07) is 1.96. The number of alkyl halides is 2. The Morgan fingerprint density at radius 2 is 2.20 bits per heavy atom. The van der Waals surface area contributed by atoms with Gasteiger partial charge in [0.1, 0.15) is 5.41 Å². The van der Waals surface area contributed by atoms with Gasteiger partial charge in [0, 0.05) is 7.05 Å². The third-order valence-corrected chi connectivity index (χ3v) is 2.78. The van der Waals surface area contributed by atoms with Gasteiger partial charge in [0.05, 0.1) is 12.6 Å². The number of rotatable bonds is 3. The number of nitrogens with zero attached hydrogens (tertiary/aromatic N) is 2. The maximum atomic E-state index is 12.1. The fourth-order valence-electron chi connectivity index (χ4n) is 2.10. The van der Waals surface area contributed by atoms with Gasteiger partial charge in [0.15, 0.2) is 0 Å². The molecule has 1 rings (SSSR count). The zero-order valence-corrected chi connectivity index (χ0v) is 8.83. The van der Waals surface area contributed by atoms with Gasteiger partial charge in [-0.15, -0.1) is 0 Å². The first-order valence-electron chi connectivity index (χ1n) is 4.86. The predicted molar refractivity (Wildman–Crippen MR) is 50.1 cm³/mol. The molecule has 0 radical (unpaired) electrons. The molecule has 1 aliphatic rings. The normalized spacial score (nSPS) is 29.5. The highest BCUT2D eigenvalue weighted by Gasteiger charge is 2.50. The van der Waals surface area contributed by atoms with Gasteiger partial charge in [-0.25, -0.2) is 8.78 Å². The molecule has 0 heterocycles. The van der Waals surface area contributed by atoms with E-state index >= 15 is 0 Å². The molecule has 1 fully saturated rings. The Morgan fingerprint density at radius 3 is 2.53 bits per heavy atom. The van der Waals surface area contributed by atoms with Gasteiger partial charge in [-0.3, -0.25) is 4.79 Å². The lowest BCUT2D eigenvalue weighted by Gasteiger charge is -2.41. The summed E-state index contributed by atoms with van der Waals surface area (Å²) < 4.78 is 24.1. The number of carbonyl (C=O) groups excluding carboxylic acids is 1. The molecule has 0 saturated heterocycles. The first kappa shape index (κ1) is 11.9. The lowest BCUT2D eigenvalue weighted by atomic mass is 9.63. The number of hydrogen-bond donors (Lipinski definition) is 0. The quantitative estimate of drug-likeness (QED) is 0.720. The van der Waals surface area contributed by atoms with Gasteiger partial charge >= 0.3 is 0 Å². The standard InChI is InChI=1S/C10H14F2N2O/c1-7-3-10(4-7,6-13)9(15)14(2)5-8(11)12/h7-8H,3-5H2,1-2H3. The van der Waals surface area contributed by atoms with Crippen LogP contribution in [0.2, 0.25) is 0 Å². The number of amides is 1. The van der Waals surface area contributed by atoms with Crippen molar-refractivity contribution in [2.75, 3.05) is 13.6 Å². The van der Waals surface area contributed by atoms with Gasteiger partial charge in [0.25, 0.3) is 6.43 Å². The molecule has 0 aliphatic heterocycles. The molecule has 0 unspecified atom stereocenters. The maximum Gasteiger partial charge on any atom is 0.255 e. The van der Waals surface area contributed by atoms with E-state index in [1.807, 2.05) is 13.0 Å². The molecule has 15 heavy (non-hydrogen) atoms. The zero-order chi connectivity index (χ0) is 11.6. The molecule has 1 amide bonds. The Labute approximate surface area is 87.7 Å². The van der Waals surface area contributed by atoms with E-state index in [0.29, 0.717) is 18.8 Å². The van der Waals surface area contributed by atoms with Crippen molar-refractivity contribution < 1.29 is 13.6 Å². The maximum absolute atomic E-state index is 12.1. The van der Waals surface area contributed by atoms with E-state index in [4.69, 9.17) is 5.26 Å². The fourth-order valence-corrected chi connectivity index (χ4v) is 2.10. The lowest BCUT2D eigenvalue weighted by molar-refractivity contribution is -0.145. The third kappa shape index (κ3) is 2.25. The van der Waals surface area contributed by atoms with Crippen molar-refractivity contribution in [3.63, 3.8) is 0 Å². The average molecular weight is 216 g/mol. The fraction of sp³-hybridized carbons (Fsp3) is 0.800. The first-order chi connectivity index (χ1) is 6.91. The van der Waals surface area contributed by atoms with E-state index in [9.17, 15) is 13.6 Å². The van der Waals surface area contributed by atoms with E-state index in [-0.39, 0.29) is 0 Å². The molecule has 5 heteroatoms. The van der Waals surface area contributed by atoms with Crippen LogP contribution < -0.4 is 0 Å². The Balaban J connectivity index is 2.64. The van der Waals surface area contributed by atoms with Crippen molar-refractivity contribution in [3.8, 4) is 6.07 Å². The molecule has 84 valence electrons. The minimum atomic E-state index is -2.55. The van der Waals surface area contributed by atoms with Crippen molar-refractivity contribution in [2.45, 2.75) is 26.2 Å². The van der Waals surface area contributed by atoms with Crippen LogP contribution in [0.25, 0.3) is 0 Å². The van der Waals surface area contributed by atoms with Gasteiger partial charge in [-0.2, -0.15) is 5.26 Å². The van der Waals surface area contributed by atoms with Crippen molar-refractivity contribution in [3.05, 3.63) is 0 Å². The van der Waals surface area contributed by atoms with Crippen LogP contribution in [-0.4, -0.2) is 30.8 Å². The number of halogens is 2. The molecule has 3 nitrogen and oxygen atoms in total.